The van der Waals surface area contributed by atoms with E-state index in [-0.39, 0.29) is 30.7 Å². The van der Waals surface area contributed by atoms with Crippen molar-refractivity contribution in [3.8, 4) is 0 Å². The zero-order valence-corrected chi connectivity index (χ0v) is 14.4. The molecular weight excluding hydrogens is 329 g/mol. The first-order chi connectivity index (χ1) is 9.29. The number of halogens is 2. The van der Waals surface area contributed by atoms with E-state index >= 15 is 0 Å². The van der Waals surface area contributed by atoms with E-state index in [2.05, 4.69) is 21.7 Å². The van der Waals surface area contributed by atoms with Crippen molar-refractivity contribution in [2.75, 3.05) is 20.1 Å². The van der Waals surface area contributed by atoms with Gasteiger partial charge in [-0.15, -0.1) is 36.2 Å². The number of amides is 1. The summed E-state index contributed by atoms with van der Waals surface area (Å²) >= 11 is 1.72. The van der Waals surface area contributed by atoms with Gasteiger partial charge < -0.3 is 10.6 Å². The zero-order valence-electron chi connectivity index (χ0n) is 11.9. The number of likely N-dealkylation sites (N-methyl/N-ethyl adjacent to an activating group) is 1. The molecule has 0 saturated carbocycles. The van der Waals surface area contributed by atoms with Crippen molar-refractivity contribution in [3.63, 3.8) is 0 Å². The molecule has 2 rings (SSSR count). The first kappa shape index (κ1) is 20.1. The summed E-state index contributed by atoms with van der Waals surface area (Å²) in [4.78, 5) is 16.1. The van der Waals surface area contributed by atoms with E-state index < -0.39 is 0 Å². The van der Waals surface area contributed by atoms with E-state index in [0.29, 0.717) is 13.0 Å². The molecule has 0 radical (unpaired) electrons. The van der Waals surface area contributed by atoms with Crippen LogP contribution in [0.1, 0.15) is 17.8 Å². The first-order valence-electron chi connectivity index (χ1n) is 6.55. The van der Waals surface area contributed by atoms with Crippen LogP contribution in [-0.2, 0) is 11.2 Å². The summed E-state index contributed by atoms with van der Waals surface area (Å²) in [7, 11) is 1.87. The normalized spacial score (nSPS) is 9.76. The van der Waals surface area contributed by atoms with Gasteiger partial charge in [-0.25, -0.2) is 4.98 Å². The molecule has 0 aliphatic heterocycles. The minimum absolute atomic E-state index is 0. The van der Waals surface area contributed by atoms with Gasteiger partial charge >= 0.3 is 0 Å². The second kappa shape index (κ2) is 10.8. The van der Waals surface area contributed by atoms with Crippen molar-refractivity contribution in [2.45, 2.75) is 19.3 Å². The van der Waals surface area contributed by atoms with Gasteiger partial charge in [0, 0.05) is 19.5 Å². The maximum atomic E-state index is 11.5. The van der Waals surface area contributed by atoms with Crippen molar-refractivity contribution in [1.29, 1.82) is 0 Å². The summed E-state index contributed by atoms with van der Waals surface area (Å²) in [6.45, 7) is 1.50. The van der Waals surface area contributed by atoms with E-state index in [1.807, 2.05) is 25.2 Å². The lowest BCUT2D eigenvalue weighted by Gasteiger charge is -2.03. The van der Waals surface area contributed by atoms with Crippen LogP contribution in [0.15, 0.2) is 24.3 Å². The Hall–Kier alpha value is -0.880. The van der Waals surface area contributed by atoms with Crippen molar-refractivity contribution >= 4 is 52.3 Å². The number of thiazole rings is 1. The van der Waals surface area contributed by atoms with Gasteiger partial charge in [-0.05, 0) is 32.0 Å². The molecule has 1 aromatic heterocycles. The standard InChI is InChI=1S/C14H19N3OS.2ClH/c1-15-9-10-16-13(18)7-4-8-14-17-11-5-2-3-6-12(11)19-14;;/h2-3,5-6,15H,4,7-10H2,1H3,(H,16,18);2*1H. The molecule has 1 amide bonds. The summed E-state index contributed by atoms with van der Waals surface area (Å²) in [5.74, 6) is 0.122. The predicted octanol–water partition coefficient (Wildman–Crippen LogP) is 2.80. The van der Waals surface area contributed by atoms with Gasteiger partial charge in [0.2, 0.25) is 5.91 Å². The number of aromatic nitrogens is 1. The number of benzene rings is 1. The molecule has 2 aromatic rings. The SMILES string of the molecule is CNCCNC(=O)CCCc1nc2ccccc2s1.Cl.Cl. The molecule has 0 fully saturated rings. The quantitative estimate of drug-likeness (QED) is 0.755. The number of fused-ring (bicyclic) bond motifs is 1. The second-order valence-corrected chi connectivity index (χ2v) is 5.50. The van der Waals surface area contributed by atoms with Crippen molar-refractivity contribution in [1.82, 2.24) is 15.6 Å². The second-order valence-electron chi connectivity index (χ2n) is 4.38. The highest BCUT2D eigenvalue weighted by atomic mass is 35.5. The number of hydrogen-bond acceptors (Lipinski definition) is 4. The number of hydrogen-bond donors (Lipinski definition) is 2. The summed E-state index contributed by atoms with van der Waals surface area (Å²) in [6.07, 6.45) is 2.30. The van der Waals surface area contributed by atoms with Crippen LogP contribution in [0.25, 0.3) is 10.2 Å². The maximum absolute atomic E-state index is 11.5. The van der Waals surface area contributed by atoms with Gasteiger partial charge in [-0.3, -0.25) is 4.79 Å². The number of aryl methyl sites for hydroxylation is 1. The van der Waals surface area contributed by atoms with Gasteiger partial charge in [-0.1, -0.05) is 12.1 Å². The zero-order chi connectivity index (χ0) is 13.5. The number of rotatable bonds is 7. The Morgan fingerprint density at radius 1 is 1.24 bits per heavy atom. The van der Waals surface area contributed by atoms with Crippen LogP contribution in [0.3, 0.4) is 0 Å². The molecule has 0 aliphatic rings. The Labute approximate surface area is 141 Å². The van der Waals surface area contributed by atoms with E-state index in [1.165, 1.54) is 4.70 Å². The third-order valence-corrected chi connectivity index (χ3v) is 3.93. The Kier molecular flexibility index (Phi) is 10.3. The molecule has 0 unspecified atom stereocenters. The maximum Gasteiger partial charge on any atom is 0.220 e. The minimum Gasteiger partial charge on any atom is -0.355 e. The van der Waals surface area contributed by atoms with Gasteiger partial charge in [-0.2, -0.15) is 0 Å². The van der Waals surface area contributed by atoms with Gasteiger partial charge in [0.15, 0.2) is 0 Å². The van der Waals surface area contributed by atoms with E-state index in [9.17, 15) is 4.79 Å². The van der Waals surface area contributed by atoms with Crippen LogP contribution in [-0.4, -0.2) is 31.0 Å². The molecule has 21 heavy (non-hydrogen) atoms. The molecule has 0 bridgehead atoms. The Morgan fingerprint density at radius 3 is 2.71 bits per heavy atom. The molecular formula is C14H21Cl2N3OS. The molecule has 7 heteroatoms. The van der Waals surface area contributed by atoms with Crippen LogP contribution >= 0.6 is 36.2 Å². The van der Waals surface area contributed by atoms with Gasteiger partial charge in [0.05, 0.1) is 15.2 Å². The van der Waals surface area contributed by atoms with Crippen LogP contribution in [0.2, 0.25) is 0 Å². The van der Waals surface area contributed by atoms with E-state index in [0.717, 1.165) is 29.9 Å². The molecule has 0 atom stereocenters. The minimum atomic E-state index is 0. The lowest BCUT2D eigenvalue weighted by atomic mass is 10.2. The van der Waals surface area contributed by atoms with Crippen molar-refractivity contribution in [3.05, 3.63) is 29.3 Å². The van der Waals surface area contributed by atoms with E-state index in [1.54, 1.807) is 11.3 Å². The molecule has 0 spiro atoms. The first-order valence-corrected chi connectivity index (χ1v) is 7.37. The fourth-order valence-electron chi connectivity index (χ4n) is 1.84. The van der Waals surface area contributed by atoms with Crippen molar-refractivity contribution < 1.29 is 4.79 Å². The summed E-state index contributed by atoms with van der Waals surface area (Å²) in [5.41, 5.74) is 1.06. The number of carbonyl (C=O) groups excluding carboxylic acids is 1. The Balaban J connectivity index is 0.00000200. The van der Waals surface area contributed by atoms with Crippen LogP contribution in [0.5, 0.6) is 0 Å². The highest BCUT2D eigenvalue weighted by Gasteiger charge is 2.05. The van der Waals surface area contributed by atoms with Gasteiger partial charge in [0.1, 0.15) is 0 Å². The average molecular weight is 350 g/mol. The van der Waals surface area contributed by atoms with Crippen LogP contribution in [0.4, 0.5) is 0 Å². The Bertz CT molecular complexity index is 515. The van der Waals surface area contributed by atoms with Crippen LogP contribution in [0, 0.1) is 0 Å². The molecule has 1 aromatic carbocycles. The molecule has 0 aliphatic carbocycles. The molecule has 118 valence electrons. The number of carbonyl (C=O) groups is 1. The summed E-state index contributed by atoms with van der Waals surface area (Å²) in [6, 6.07) is 8.14. The summed E-state index contributed by atoms with van der Waals surface area (Å²) in [5, 5.41) is 6.99. The lowest BCUT2D eigenvalue weighted by molar-refractivity contribution is -0.121. The van der Waals surface area contributed by atoms with Crippen LogP contribution < -0.4 is 10.6 Å². The highest BCUT2D eigenvalue weighted by Crippen LogP contribution is 2.22. The molecule has 1 heterocycles. The molecule has 2 N–H and O–H groups in total. The Morgan fingerprint density at radius 2 is 2.00 bits per heavy atom. The smallest absolute Gasteiger partial charge is 0.220 e. The van der Waals surface area contributed by atoms with Gasteiger partial charge in [0.25, 0.3) is 0 Å². The monoisotopic (exact) mass is 349 g/mol. The third-order valence-electron chi connectivity index (χ3n) is 2.83. The summed E-state index contributed by atoms with van der Waals surface area (Å²) < 4.78 is 1.22. The topological polar surface area (TPSA) is 54.0 Å². The fraction of sp³-hybridized carbons (Fsp3) is 0.429. The molecule has 0 saturated heterocycles. The van der Waals surface area contributed by atoms with E-state index in [4.69, 9.17) is 0 Å². The number of para-hydroxylation sites is 1. The predicted molar refractivity (Wildman–Crippen MR) is 94.0 cm³/mol. The third kappa shape index (κ3) is 6.61. The highest BCUT2D eigenvalue weighted by molar-refractivity contribution is 7.18. The fourth-order valence-corrected chi connectivity index (χ4v) is 2.85. The lowest BCUT2D eigenvalue weighted by Crippen LogP contribution is -2.30. The number of nitrogens with one attached hydrogen (secondary N) is 2. The average Bonchev–Trinajstić information content (AvgIpc) is 2.81. The van der Waals surface area contributed by atoms with Crippen molar-refractivity contribution in [2.24, 2.45) is 0 Å². The largest absolute Gasteiger partial charge is 0.355 e. The number of nitrogens with zero attached hydrogens (tertiary/aromatic N) is 1. The molecule has 4 nitrogen and oxygen atoms in total.